The van der Waals surface area contributed by atoms with Crippen molar-refractivity contribution in [2.45, 2.75) is 26.4 Å². The van der Waals surface area contributed by atoms with Gasteiger partial charge in [-0.3, -0.25) is 9.67 Å². The van der Waals surface area contributed by atoms with E-state index in [0.29, 0.717) is 24.1 Å². The summed E-state index contributed by atoms with van der Waals surface area (Å²) in [6.45, 7) is 4.83. The van der Waals surface area contributed by atoms with E-state index < -0.39 is 0 Å². The molecule has 0 fully saturated rings. The fraction of sp³-hybridized carbons (Fsp3) is 0.190. The highest BCUT2D eigenvalue weighted by Gasteiger charge is 2.09. The number of hydrogen-bond acceptors (Lipinski definition) is 5. The molecule has 0 atom stereocenters. The second kappa shape index (κ2) is 7.07. The molecule has 3 aromatic heterocycles. The molecular formula is C21H22N6. The smallest absolute Gasteiger partial charge is 0.150 e. The Morgan fingerprint density at radius 2 is 2.04 bits per heavy atom. The molecule has 27 heavy (non-hydrogen) atoms. The molecule has 3 heterocycles. The monoisotopic (exact) mass is 358 g/mol. The fourth-order valence-electron chi connectivity index (χ4n) is 2.95. The fourth-order valence-corrected chi connectivity index (χ4v) is 2.95. The van der Waals surface area contributed by atoms with Crippen molar-refractivity contribution in [2.24, 2.45) is 0 Å². The standard InChI is InChI=1S/C21H22N6/c1-14(2)27-13-17(12-25-27)20-8-6-18(22)21(26-20)24-11-15-5-7-19-16(10-15)4-3-9-23-19/h3-10,12-14H,11,22H2,1-2H3,(H,24,26). The largest absolute Gasteiger partial charge is 0.396 e. The maximum Gasteiger partial charge on any atom is 0.150 e. The summed E-state index contributed by atoms with van der Waals surface area (Å²) in [4.78, 5) is 9.04. The predicted octanol–water partition coefficient (Wildman–Crippen LogP) is 4.27. The van der Waals surface area contributed by atoms with Crippen molar-refractivity contribution in [3.05, 3.63) is 66.6 Å². The number of benzene rings is 1. The van der Waals surface area contributed by atoms with Crippen molar-refractivity contribution in [1.29, 1.82) is 0 Å². The van der Waals surface area contributed by atoms with Crippen molar-refractivity contribution in [2.75, 3.05) is 11.1 Å². The second-order valence-electron chi connectivity index (χ2n) is 6.82. The number of hydrogen-bond donors (Lipinski definition) is 2. The summed E-state index contributed by atoms with van der Waals surface area (Å²) < 4.78 is 1.92. The molecule has 0 aliphatic heterocycles. The average molecular weight is 358 g/mol. The van der Waals surface area contributed by atoms with Crippen LogP contribution in [-0.4, -0.2) is 19.7 Å². The molecule has 0 bridgehead atoms. The van der Waals surface area contributed by atoms with E-state index in [-0.39, 0.29) is 0 Å². The maximum absolute atomic E-state index is 6.12. The van der Waals surface area contributed by atoms with Crippen LogP contribution in [0.2, 0.25) is 0 Å². The Morgan fingerprint density at radius 1 is 1.15 bits per heavy atom. The van der Waals surface area contributed by atoms with E-state index >= 15 is 0 Å². The van der Waals surface area contributed by atoms with Crippen LogP contribution in [-0.2, 0) is 6.54 Å². The molecule has 4 aromatic rings. The SMILES string of the molecule is CC(C)n1cc(-c2ccc(N)c(NCc3ccc4ncccc4c3)n2)cn1. The van der Waals surface area contributed by atoms with Gasteiger partial charge >= 0.3 is 0 Å². The van der Waals surface area contributed by atoms with Crippen LogP contribution in [0.25, 0.3) is 22.2 Å². The Kier molecular flexibility index (Phi) is 4.46. The number of aromatic nitrogens is 4. The Morgan fingerprint density at radius 3 is 2.85 bits per heavy atom. The summed E-state index contributed by atoms with van der Waals surface area (Å²) in [5.41, 5.74) is 10.7. The van der Waals surface area contributed by atoms with E-state index in [1.54, 1.807) is 6.20 Å². The molecule has 0 amide bonds. The first kappa shape index (κ1) is 17.0. The molecule has 0 aliphatic carbocycles. The highest BCUT2D eigenvalue weighted by atomic mass is 15.3. The molecule has 4 rings (SSSR count). The van der Waals surface area contributed by atoms with Gasteiger partial charge in [-0.05, 0) is 49.7 Å². The van der Waals surface area contributed by atoms with E-state index in [4.69, 9.17) is 10.7 Å². The van der Waals surface area contributed by atoms with Gasteiger partial charge in [-0.25, -0.2) is 4.98 Å². The number of fused-ring (bicyclic) bond motifs is 1. The lowest BCUT2D eigenvalue weighted by atomic mass is 10.1. The zero-order chi connectivity index (χ0) is 18.8. The number of rotatable bonds is 5. The van der Waals surface area contributed by atoms with Crippen LogP contribution in [0, 0.1) is 0 Å². The van der Waals surface area contributed by atoms with Crippen LogP contribution in [0.4, 0.5) is 11.5 Å². The first-order valence-electron chi connectivity index (χ1n) is 8.99. The average Bonchev–Trinajstić information content (AvgIpc) is 3.18. The number of anilines is 2. The van der Waals surface area contributed by atoms with E-state index in [2.05, 4.69) is 47.4 Å². The molecular weight excluding hydrogens is 336 g/mol. The van der Waals surface area contributed by atoms with Crippen molar-refractivity contribution >= 4 is 22.4 Å². The third-order valence-corrected chi connectivity index (χ3v) is 4.48. The highest BCUT2D eigenvalue weighted by molar-refractivity contribution is 5.79. The van der Waals surface area contributed by atoms with Gasteiger partial charge in [0.25, 0.3) is 0 Å². The topological polar surface area (TPSA) is 81.6 Å². The lowest BCUT2D eigenvalue weighted by Crippen LogP contribution is -2.05. The second-order valence-corrected chi connectivity index (χ2v) is 6.82. The number of nitrogens with one attached hydrogen (secondary N) is 1. The molecule has 0 radical (unpaired) electrons. The lowest BCUT2D eigenvalue weighted by molar-refractivity contribution is 0.532. The minimum atomic E-state index is 0.313. The lowest BCUT2D eigenvalue weighted by Gasteiger charge is -2.10. The molecule has 1 aromatic carbocycles. The summed E-state index contributed by atoms with van der Waals surface area (Å²) in [6, 6.07) is 14.3. The molecule has 0 spiro atoms. The van der Waals surface area contributed by atoms with Gasteiger partial charge in [0.05, 0.1) is 23.1 Å². The zero-order valence-electron chi connectivity index (χ0n) is 15.4. The van der Waals surface area contributed by atoms with Crippen molar-refractivity contribution < 1.29 is 0 Å². The first-order chi connectivity index (χ1) is 13.1. The Hall–Kier alpha value is -3.41. The normalized spacial score (nSPS) is 11.2. The van der Waals surface area contributed by atoms with Gasteiger partial charge in [0.1, 0.15) is 5.82 Å². The minimum Gasteiger partial charge on any atom is -0.396 e. The first-order valence-corrected chi connectivity index (χ1v) is 8.99. The van der Waals surface area contributed by atoms with Crippen LogP contribution in [0.5, 0.6) is 0 Å². The molecule has 0 saturated carbocycles. The van der Waals surface area contributed by atoms with Crippen LogP contribution < -0.4 is 11.1 Å². The molecule has 0 aliphatic rings. The van der Waals surface area contributed by atoms with Gasteiger partial charge in [-0.15, -0.1) is 0 Å². The van der Waals surface area contributed by atoms with Crippen LogP contribution in [0.1, 0.15) is 25.5 Å². The van der Waals surface area contributed by atoms with Crippen LogP contribution in [0.3, 0.4) is 0 Å². The summed E-state index contributed by atoms with van der Waals surface area (Å²) in [5.74, 6) is 0.677. The van der Waals surface area contributed by atoms with Crippen LogP contribution in [0.15, 0.2) is 61.1 Å². The van der Waals surface area contributed by atoms with Gasteiger partial charge in [0.15, 0.2) is 0 Å². The highest BCUT2D eigenvalue weighted by Crippen LogP contribution is 2.24. The number of pyridine rings is 2. The van der Waals surface area contributed by atoms with Gasteiger partial charge in [-0.2, -0.15) is 5.10 Å². The number of nitrogens with zero attached hydrogens (tertiary/aromatic N) is 4. The van der Waals surface area contributed by atoms with E-state index in [1.165, 1.54) is 0 Å². The summed E-state index contributed by atoms with van der Waals surface area (Å²) in [5, 5.41) is 8.85. The van der Waals surface area contributed by atoms with Gasteiger partial charge < -0.3 is 11.1 Å². The minimum absolute atomic E-state index is 0.313. The van der Waals surface area contributed by atoms with E-state index in [1.807, 2.05) is 41.3 Å². The molecule has 0 saturated heterocycles. The molecule has 6 nitrogen and oxygen atoms in total. The zero-order valence-corrected chi connectivity index (χ0v) is 15.4. The third-order valence-electron chi connectivity index (χ3n) is 4.48. The number of nitrogens with two attached hydrogens (primary N) is 1. The van der Waals surface area contributed by atoms with Gasteiger partial charge in [0.2, 0.25) is 0 Å². The van der Waals surface area contributed by atoms with Gasteiger partial charge in [0, 0.05) is 35.9 Å². The molecule has 136 valence electrons. The molecule has 6 heteroatoms. The Labute approximate surface area is 158 Å². The maximum atomic E-state index is 6.12. The quantitative estimate of drug-likeness (QED) is 0.557. The summed E-state index contributed by atoms with van der Waals surface area (Å²) in [6.07, 6.45) is 5.64. The Balaban J connectivity index is 1.55. The van der Waals surface area contributed by atoms with Crippen molar-refractivity contribution in [1.82, 2.24) is 19.7 Å². The van der Waals surface area contributed by atoms with Crippen molar-refractivity contribution in [3.8, 4) is 11.3 Å². The van der Waals surface area contributed by atoms with Gasteiger partial charge in [-0.1, -0.05) is 12.1 Å². The third kappa shape index (κ3) is 3.60. The molecule has 3 N–H and O–H groups in total. The van der Waals surface area contributed by atoms with Crippen LogP contribution >= 0.6 is 0 Å². The van der Waals surface area contributed by atoms with E-state index in [0.717, 1.165) is 27.7 Å². The van der Waals surface area contributed by atoms with E-state index in [9.17, 15) is 0 Å². The Bertz CT molecular complexity index is 1080. The summed E-state index contributed by atoms with van der Waals surface area (Å²) in [7, 11) is 0. The summed E-state index contributed by atoms with van der Waals surface area (Å²) >= 11 is 0. The number of nitrogen functional groups attached to an aromatic ring is 1. The predicted molar refractivity (Wildman–Crippen MR) is 109 cm³/mol. The molecule has 0 unspecified atom stereocenters. The van der Waals surface area contributed by atoms with Crippen molar-refractivity contribution in [3.63, 3.8) is 0 Å².